The Morgan fingerprint density at radius 2 is 1.78 bits per heavy atom. The van der Waals surface area contributed by atoms with E-state index in [2.05, 4.69) is 12.1 Å². The van der Waals surface area contributed by atoms with Gasteiger partial charge >= 0.3 is 0 Å². The molecule has 102 valence electrons. The maximum atomic E-state index is 9.10. The zero-order valence-corrected chi connectivity index (χ0v) is 11.3. The van der Waals surface area contributed by atoms with Gasteiger partial charge in [0.05, 0.1) is 18.8 Å². The van der Waals surface area contributed by atoms with Crippen molar-refractivity contribution in [3.05, 3.63) is 35.9 Å². The molecule has 0 bridgehead atoms. The van der Waals surface area contributed by atoms with Crippen molar-refractivity contribution in [3.8, 4) is 0 Å². The minimum absolute atomic E-state index is 0.180. The summed E-state index contributed by atoms with van der Waals surface area (Å²) in [6.45, 7) is 5.77. The molecule has 0 aliphatic rings. The van der Waals surface area contributed by atoms with Crippen LogP contribution in [0.3, 0.4) is 0 Å². The zero-order valence-electron chi connectivity index (χ0n) is 11.3. The molecule has 3 nitrogen and oxygen atoms in total. The Morgan fingerprint density at radius 3 is 2.44 bits per heavy atom. The second-order valence-corrected chi connectivity index (χ2v) is 4.65. The van der Waals surface area contributed by atoms with Crippen molar-refractivity contribution < 1.29 is 14.6 Å². The molecule has 0 radical (unpaired) electrons. The van der Waals surface area contributed by atoms with E-state index in [9.17, 15) is 0 Å². The molecule has 18 heavy (non-hydrogen) atoms. The largest absolute Gasteiger partial charge is 0.393 e. The van der Waals surface area contributed by atoms with E-state index >= 15 is 0 Å². The highest BCUT2D eigenvalue weighted by Crippen LogP contribution is 2.04. The molecule has 0 heterocycles. The summed E-state index contributed by atoms with van der Waals surface area (Å²) in [5, 5.41) is 9.10. The minimum Gasteiger partial charge on any atom is -0.393 e. The van der Waals surface area contributed by atoms with Crippen molar-refractivity contribution in [2.75, 3.05) is 13.2 Å². The number of aliphatic hydroxyl groups is 1. The first-order valence-electron chi connectivity index (χ1n) is 6.60. The average molecular weight is 252 g/mol. The average Bonchev–Trinajstić information content (AvgIpc) is 2.35. The highest BCUT2D eigenvalue weighted by atomic mass is 16.5. The van der Waals surface area contributed by atoms with E-state index in [1.165, 1.54) is 5.56 Å². The van der Waals surface area contributed by atoms with Gasteiger partial charge in [0.15, 0.2) is 0 Å². The van der Waals surface area contributed by atoms with Crippen LogP contribution in [0.4, 0.5) is 0 Å². The van der Waals surface area contributed by atoms with Gasteiger partial charge in [-0.1, -0.05) is 30.3 Å². The summed E-state index contributed by atoms with van der Waals surface area (Å²) < 4.78 is 11.2. The number of aliphatic hydroxyl groups excluding tert-OH is 1. The predicted molar refractivity (Wildman–Crippen MR) is 72.4 cm³/mol. The summed E-state index contributed by atoms with van der Waals surface area (Å²) >= 11 is 0. The molecule has 1 aromatic carbocycles. The number of hydrogen-bond acceptors (Lipinski definition) is 3. The lowest BCUT2D eigenvalue weighted by molar-refractivity contribution is 0.0147. The summed E-state index contributed by atoms with van der Waals surface area (Å²) in [7, 11) is 0. The van der Waals surface area contributed by atoms with E-state index in [0.29, 0.717) is 26.2 Å². The van der Waals surface area contributed by atoms with Gasteiger partial charge in [-0.2, -0.15) is 0 Å². The Hall–Kier alpha value is -0.900. The van der Waals surface area contributed by atoms with Crippen molar-refractivity contribution in [2.24, 2.45) is 0 Å². The molecule has 1 rings (SSSR count). The Bertz CT molecular complexity index is 298. The van der Waals surface area contributed by atoms with Crippen LogP contribution in [0.1, 0.15) is 32.3 Å². The first kappa shape index (κ1) is 15.2. The van der Waals surface area contributed by atoms with Gasteiger partial charge in [0.2, 0.25) is 0 Å². The molecule has 0 aliphatic heterocycles. The van der Waals surface area contributed by atoms with Gasteiger partial charge < -0.3 is 14.6 Å². The van der Waals surface area contributed by atoms with Gasteiger partial charge in [-0.3, -0.25) is 0 Å². The zero-order chi connectivity index (χ0) is 13.2. The smallest absolute Gasteiger partial charge is 0.0716 e. The van der Waals surface area contributed by atoms with Crippen LogP contribution in [0.5, 0.6) is 0 Å². The first-order valence-corrected chi connectivity index (χ1v) is 6.60. The molecule has 2 atom stereocenters. The number of rotatable bonds is 9. The van der Waals surface area contributed by atoms with Gasteiger partial charge in [-0.15, -0.1) is 0 Å². The SMILES string of the molecule is C[C@H](O)CCO[C@@H](C)CCOCc1ccccc1. The summed E-state index contributed by atoms with van der Waals surface area (Å²) in [4.78, 5) is 0. The Kier molecular flexibility index (Phi) is 7.65. The van der Waals surface area contributed by atoms with Crippen molar-refractivity contribution in [1.29, 1.82) is 0 Å². The van der Waals surface area contributed by atoms with Crippen LogP contribution < -0.4 is 0 Å². The molecule has 0 aromatic heterocycles. The third-order valence-corrected chi connectivity index (χ3v) is 2.72. The van der Waals surface area contributed by atoms with Crippen LogP contribution >= 0.6 is 0 Å². The molecule has 0 unspecified atom stereocenters. The maximum absolute atomic E-state index is 9.10. The summed E-state index contributed by atoms with van der Waals surface area (Å²) in [5.41, 5.74) is 1.19. The summed E-state index contributed by atoms with van der Waals surface area (Å²) in [5.74, 6) is 0. The standard InChI is InChI=1S/C15H24O3/c1-13(16)8-11-18-14(2)9-10-17-12-15-6-4-3-5-7-15/h3-7,13-14,16H,8-12H2,1-2H3/t13-,14-/m0/s1. The molecule has 0 fully saturated rings. The predicted octanol–water partition coefficient (Wildman–Crippen LogP) is 2.77. The molecule has 0 saturated carbocycles. The molecule has 0 aliphatic carbocycles. The van der Waals surface area contributed by atoms with Gasteiger partial charge in [-0.25, -0.2) is 0 Å². The molecular formula is C15H24O3. The van der Waals surface area contributed by atoms with Crippen molar-refractivity contribution in [3.63, 3.8) is 0 Å². The monoisotopic (exact) mass is 252 g/mol. The normalized spacial score (nSPS) is 14.4. The quantitative estimate of drug-likeness (QED) is 0.687. The lowest BCUT2D eigenvalue weighted by Crippen LogP contribution is -2.15. The van der Waals surface area contributed by atoms with Crippen molar-refractivity contribution in [2.45, 2.75) is 45.5 Å². The van der Waals surface area contributed by atoms with Crippen molar-refractivity contribution in [1.82, 2.24) is 0 Å². The van der Waals surface area contributed by atoms with E-state index in [0.717, 1.165) is 6.42 Å². The van der Waals surface area contributed by atoms with Gasteiger partial charge in [0.25, 0.3) is 0 Å². The third-order valence-electron chi connectivity index (χ3n) is 2.72. The van der Waals surface area contributed by atoms with E-state index in [-0.39, 0.29) is 12.2 Å². The van der Waals surface area contributed by atoms with Crippen LogP contribution in [0.15, 0.2) is 30.3 Å². The molecular weight excluding hydrogens is 228 g/mol. The molecule has 0 saturated heterocycles. The first-order chi connectivity index (χ1) is 8.68. The van der Waals surface area contributed by atoms with Crippen LogP contribution in [-0.2, 0) is 16.1 Å². The van der Waals surface area contributed by atoms with E-state index < -0.39 is 0 Å². The topological polar surface area (TPSA) is 38.7 Å². The second kappa shape index (κ2) is 9.09. The molecule has 1 N–H and O–H groups in total. The van der Waals surface area contributed by atoms with Crippen LogP contribution in [0, 0.1) is 0 Å². The van der Waals surface area contributed by atoms with Crippen LogP contribution in [0.2, 0.25) is 0 Å². The van der Waals surface area contributed by atoms with Gasteiger partial charge in [0, 0.05) is 13.2 Å². The fraction of sp³-hybridized carbons (Fsp3) is 0.600. The number of hydrogen-bond donors (Lipinski definition) is 1. The maximum Gasteiger partial charge on any atom is 0.0716 e. The van der Waals surface area contributed by atoms with Gasteiger partial charge in [0.1, 0.15) is 0 Å². The van der Waals surface area contributed by atoms with Crippen LogP contribution in [-0.4, -0.2) is 30.5 Å². The molecule has 1 aromatic rings. The Balaban J connectivity index is 2.00. The Morgan fingerprint density at radius 1 is 1.06 bits per heavy atom. The third kappa shape index (κ3) is 7.43. The minimum atomic E-state index is -0.286. The number of benzene rings is 1. The van der Waals surface area contributed by atoms with E-state index in [4.69, 9.17) is 14.6 Å². The molecule has 3 heteroatoms. The highest BCUT2D eigenvalue weighted by molar-refractivity contribution is 5.13. The molecule has 0 amide bonds. The summed E-state index contributed by atoms with van der Waals surface area (Å²) in [6.07, 6.45) is 1.47. The van der Waals surface area contributed by atoms with E-state index in [1.807, 2.05) is 25.1 Å². The number of ether oxygens (including phenoxy) is 2. The fourth-order valence-electron chi connectivity index (χ4n) is 1.54. The van der Waals surface area contributed by atoms with Crippen LogP contribution in [0.25, 0.3) is 0 Å². The lowest BCUT2D eigenvalue weighted by atomic mass is 10.2. The Labute approximate surface area is 110 Å². The van der Waals surface area contributed by atoms with Gasteiger partial charge in [-0.05, 0) is 32.3 Å². The molecule has 0 spiro atoms. The fourth-order valence-corrected chi connectivity index (χ4v) is 1.54. The lowest BCUT2D eigenvalue weighted by Gasteiger charge is -2.14. The second-order valence-electron chi connectivity index (χ2n) is 4.65. The van der Waals surface area contributed by atoms with E-state index in [1.54, 1.807) is 6.92 Å². The van der Waals surface area contributed by atoms with Crippen molar-refractivity contribution >= 4 is 0 Å². The highest BCUT2D eigenvalue weighted by Gasteiger charge is 2.03. The summed E-state index contributed by atoms with van der Waals surface area (Å²) in [6, 6.07) is 10.1.